The van der Waals surface area contributed by atoms with Crippen LogP contribution in [0.5, 0.6) is 0 Å². The average Bonchev–Trinajstić information content (AvgIpc) is 4.22. The van der Waals surface area contributed by atoms with E-state index in [1.54, 1.807) is 0 Å². The Bertz CT molecular complexity index is 5010. The zero-order valence-corrected chi connectivity index (χ0v) is 42.4. The zero-order valence-electron chi connectivity index (χ0n) is 42.4. The Labute approximate surface area is 454 Å². The third-order valence-corrected chi connectivity index (χ3v) is 16.8. The van der Waals surface area contributed by atoms with Crippen molar-refractivity contribution in [3.63, 3.8) is 0 Å². The standard InChI is InChI=1S/C71H40F3N5O/c72-71(73,74)54-40-50(69-76-67(41-22-4-1-5-23-41)75-68(77-69)42-24-6-2-7-25-42)58-49-33-15-21-39-57(49)80-66(58)63(54)79-56-38-20-14-32-48(56)61-64-60(47-31-13-19-37-55(47)78(64)43-26-8-3-9-27-43)62-59(65(61)79)46-30-12-18-36-53(46)70(62)51-34-16-10-28-44(51)45-29-11-17-35-52(45)70/h1-40H. The van der Waals surface area contributed by atoms with Gasteiger partial charge in [0.05, 0.1) is 33.0 Å². The molecule has 6 nitrogen and oxygen atoms in total. The highest BCUT2D eigenvalue weighted by molar-refractivity contribution is 6.33. The van der Waals surface area contributed by atoms with E-state index in [-0.39, 0.29) is 22.7 Å². The summed E-state index contributed by atoms with van der Waals surface area (Å²) < 4.78 is 63.0. The molecule has 4 heterocycles. The number of furan rings is 1. The molecule has 0 atom stereocenters. The number of fused-ring (bicyclic) bond motifs is 22. The van der Waals surface area contributed by atoms with Gasteiger partial charge in [0.2, 0.25) is 0 Å². The normalized spacial score (nSPS) is 13.3. The van der Waals surface area contributed by atoms with E-state index >= 15 is 13.2 Å². The van der Waals surface area contributed by atoms with Gasteiger partial charge in [0, 0.05) is 60.3 Å². The Morgan fingerprint density at radius 3 is 1.49 bits per heavy atom. The van der Waals surface area contributed by atoms with Crippen LogP contribution in [0.15, 0.2) is 247 Å². The van der Waals surface area contributed by atoms with Gasteiger partial charge in [0.25, 0.3) is 0 Å². The number of aromatic nitrogens is 5. The maximum absolute atomic E-state index is 17.3. The fourth-order valence-electron chi connectivity index (χ4n) is 13.8. The molecule has 17 rings (SSSR count). The highest BCUT2D eigenvalue weighted by Crippen LogP contribution is 2.67. The molecule has 0 aliphatic heterocycles. The molecule has 0 amide bonds. The molecule has 0 bridgehead atoms. The van der Waals surface area contributed by atoms with Crippen molar-refractivity contribution in [2.75, 3.05) is 0 Å². The molecule has 15 aromatic rings. The van der Waals surface area contributed by atoms with Crippen LogP contribution >= 0.6 is 0 Å². The van der Waals surface area contributed by atoms with Gasteiger partial charge in [-0.15, -0.1) is 0 Å². The second-order valence-electron chi connectivity index (χ2n) is 20.8. The maximum atomic E-state index is 17.3. The summed E-state index contributed by atoms with van der Waals surface area (Å²) in [5.74, 6) is 0.732. The van der Waals surface area contributed by atoms with Gasteiger partial charge >= 0.3 is 6.18 Å². The monoisotopic (exact) mass is 1040 g/mol. The predicted molar refractivity (Wildman–Crippen MR) is 313 cm³/mol. The first-order valence-electron chi connectivity index (χ1n) is 26.7. The van der Waals surface area contributed by atoms with Gasteiger partial charge in [-0.3, -0.25) is 0 Å². The van der Waals surface area contributed by atoms with Gasteiger partial charge in [-0.1, -0.05) is 206 Å². The van der Waals surface area contributed by atoms with E-state index in [0.717, 1.165) is 82.8 Å². The second-order valence-corrected chi connectivity index (χ2v) is 20.8. The van der Waals surface area contributed by atoms with Crippen molar-refractivity contribution in [1.82, 2.24) is 24.1 Å². The molecule has 376 valence electrons. The highest BCUT2D eigenvalue weighted by atomic mass is 19.4. The number of hydrogen-bond donors (Lipinski definition) is 0. The van der Waals surface area contributed by atoms with Crippen molar-refractivity contribution in [1.29, 1.82) is 0 Å². The smallest absolute Gasteiger partial charge is 0.418 e. The summed E-state index contributed by atoms with van der Waals surface area (Å²) in [4.78, 5) is 15.0. The Morgan fingerprint density at radius 1 is 0.400 bits per heavy atom. The molecule has 11 aromatic carbocycles. The molecule has 0 saturated heterocycles. The van der Waals surface area contributed by atoms with Crippen LogP contribution in [0.2, 0.25) is 0 Å². The summed E-state index contributed by atoms with van der Waals surface area (Å²) in [7, 11) is 0. The third kappa shape index (κ3) is 5.90. The van der Waals surface area contributed by atoms with Gasteiger partial charge in [-0.05, 0) is 75.3 Å². The fourth-order valence-corrected chi connectivity index (χ4v) is 13.8. The van der Waals surface area contributed by atoms with Gasteiger partial charge < -0.3 is 13.6 Å². The molecule has 0 N–H and O–H groups in total. The van der Waals surface area contributed by atoms with Crippen LogP contribution < -0.4 is 0 Å². The maximum Gasteiger partial charge on any atom is 0.418 e. The lowest BCUT2D eigenvalue weighted by molar-refractivity contribution is -0.137. The van der Waals surface area contributed by atoms with Crippen molar-refractivity contribution in [2.24, 2.45) is 0 Å². The first kappa shape index (κ1) is 44.7. The van der Waals surface area contributed by atoms with Gasteiger partial charge in [-0.2, -0.15) is 13.2 Å². The zero-order chi connectivity index (χ0) is 53.0. The van der Waals surface area contributed by atoms with E-state index in [9.17, 15) is 0 Å². The topological polar surface area (TPSA) is 61.7 Å². The second kappa shape index (κ2) is 16.3. The minimum atomic E-state index is -4.94. The van der Waals surface area contributed by atoms with E-state index in [1.807, 2.05) is 126 Å². The van der Waals surface area contributed by atoms with E-state index in [0.29, 0.717) is 50.2 Å². The first-order valence-corrected chi connectivity index (χ1v) is 26.7. The quantitative estimate of drug-likeness (QED) is 0.172. The van der Waals surface area contributed by atoms with Crippen LogP contribution in [0.1, 0.15) is 27.8 Å². The number of alkyl halides is 3. The lowest BCUT2D eigenvalue weighted by Crippen LogP contribution is -2.26. The van der Waals surface area contributed by atoms with Crippen LogP contribution in [0.4, 0.5) is 13.2 Å². The van der Waals surface area contributed by atoms with Crippen LogP contribution in [0.3, 0.4) is 0 Å². The number of rotatable bonds is 5. The SMILES string of the molecule is FC(F)(F)c1cc(-c2nc(-c3ccccc3)nc(-c3ccccc3)n2)c2c(oc3ccccc32)c1-n1c2ccccc2c2c1c1c(c3c4ccccc4n(-c4ccccc4)c32)C2(c3ccccc3-c3ccccc32)c2ccccc2-1. The minimum absolute atomic E-state index is 0.0524. The fraction of sp³-hybridized carbons (Fsp3) is 0.0282. The van der Waals surface area contributed by atoms with Crippen molar-refractivity contribution in [3.8, 4) is 67.8 Å². The number of para-hydroxylation sites is 4. The highest BCUT2D eigenvalue weighted by Gasteiger charge is 2.54. The first-order chi connectivity index (χ1) is 39.4. The summed E-state index contributed by atoms with van der Waals surface area (Å²) >= 11 is 0. The van der Waals surface area contributed by atoms with E-state index in [4.69, 9.17) is 19.4 Å². The van der Waals surface area contributed by atoms with E-state index in [1.165, 1.54) is 6.07 Å². The predicted octanol–water partition coefficient (Wildman–Crippen LogP) is 18.3. The largest absolute Gasteiger partial charge is 0.454 e. The van der Waals surface area contributed by atoms with Gasteiger partial charge in [0.1, 0.15) is 11.3 Å². The average molecular weight is 1040 g/mol. The molecule has 2 aliphatic rings. The Kier molecular flexibility index (Phi) is 9.13. The summed E-state index contributed by atoms with van der Waals surface area (Å²) in [6.07, 6.45) is -4.94. The summed E-state index contributed by atoms with van der Waals surface area (Å²) in [5, 5.41) is 4.76. The molecular formula is C71H40F3N5O. The number of hydrogen-bond acceptors (Lipinski definition) is 4. The summed E-state index contributed by atoms with van der Waals surface area (Å²) in [5.41, 5.74) is 12.5. The molecule has 0 fully saturated rings. The van der Waals surface area contributed by atoms with E-state index < -0.39 is 17.2 Å². The Hall–Kier alpha value is -10.4. The Balaban J connectivity index is 1.12. The molecule has 0 radical (unpaired) electrons. The van der Waals surface area contributed by atoms with Crippen LogP contribution in [0, 0.1) is 0 Å². The molecular weight excluding hydrogens is 996 g/mol. The van der Waals surface area contributed by atoms with Crippen LogP contribution in [-0.2, 0) is 11.6 Å². The summed E-state index contributed by atoms with van der Waals surface area (Å²) in [6, 6.07) is 80.2. The van der Waals surface area contributed by atoms with Gasteiger partial charge in [0.15, 0.2) is 23.1 Å². The van der Waals surface area contributed by atoms with Crippen molar-refractivity contribution in [2.45, 2.75) is 11.6 Å². The van der Waals surface area contributed by atoms with Crippen LogP contribution in [0.25, 0.3) is 133 Å². The lowest BCUT2D eigenvalue weighted by atomic mass is 9.69. The number of halogens is 3. The molecule has 80 heavy (non-hydrogen) atoms. The molecule has 2 aliphatic carbocycles. The minimum Gasteiger partial charge on any atom is -0.454 e. The molecule has 0 unspecified atom stereocenters. The summed E-state index contributed by atoms with van der Waals surface area (Å²) in [6.45, 7) is 0. The molecule has 0 saturated carbocycles. The van der Waals surface area contributed by atoms with E-state index in [2.05, 4.69) is 120 Å². The Morgan fingerprint density at radius 2 is 0.875 bits per heavy atom. The molecule has 1 spiro atoms. The van der Waals surface area contributed by atoms with Gasteiger partial charge in [-0.25, -0.2) is 15.0 Å². The molecule has 9 heteroatoms. The number of nitrogens with zero attached hydrogens (tertiary/aromatic N) is 5. The molecule has 4 aromatic heterocycles. The number of benzene rings is 11. The van der Waals surface area contributed by atoms with Crippen molar-refractivity contribution >= 4 is 65.6 Å². The lowest BCUT2D eigenvalue weighted by Gasteiger charge is -2.31. The van der Waals surface area contributed by atoms with Crippen molar-refractivity contribution in [3.05, 3.63) is 270 Å². The van der Waals surface area contributed by atoms with Crippen LogP contribution in [-0.4, -0.2) is 24.1 Å². The van der Waals surface area contributed by atoms with Crippen molar-refractivity contribution < 1.29 is 17.6 Å². The third-order valence-electron chi connectivity index (χ3n) is 16.8.